The van der Waals surface area contributed by atoms with E-state index in [2.05, 4.69) is 43.4 Å². The van der Waals surface area contributed by atoms with Gasteiger partial charge in [0.25, 0.3) is 0 Å². The molecule has 0 unspecified atom stereocenters. The van der Waals surface area contributed by atoms with Crippen LogP contribution in [0.2, 0.25) is 0 Å². The summed E-state index contributed by atoms with van der Waals surface area (Å²) in [4.78, 5) is 19.0. The van der Waals surface area contributed by atoms with Crippen LogP contribution >= 0.6 is 0 Å². The van der Waals surface area contributed by atoms with Crippen LogP contribution in [0.4, 0.5) is 0 Å². The molecule has 0 bridgehead atoms. The van der Waals surface area contributed by atoms with Crippen molar-refractivity contribution in [3.8, 4) is 57.4 Å². The molecule has 340 valence electrons. The molecule has 0 N–H and O–H groups in total. The number of imidazole rings is 2. The molecule has 14 aromatic rings. The quantitative estimate of drug-likeness (QED) is 0.138. The van der Waals surface area contributed by atoms with Gasteiger partial charge in [0.2, 0.25) is 0 Å². The molecule has 0 radical (unpaired) electrons. The largest absolute Gasteiger partial charge is 2.00 e. The molecule has 8 aromatic heterocycles. The molecule has 0 aliphatic carbocycles. The van der Waals surface area contributed by atoms with Crippen molar-refractivity contribution in [1.82, 2.24) is 38.2 Å². The van der Waals surface area contributed by atoms with Gasteiger partial charge in [-0.15, -0.1) is 47.5 Å². The maximum Gasteiger partial charge on any atom is 2.00 e. The Kier molecular flexibility index (Phi) is 10.4. The number of hydrogen-bond acceptors (Lipinski definition) is 8. The number of rotatable bonds is 8. The molecule has 6 aromatic carbocycles. The molecular formula is C56H32N8O4Pt2. The molecule has 0 aliphatic rings. The van der Waals surface area contributed by atoms with Crippen LogP contribution in [0.1, 0.15) is 0 Å². The minimum Gasteiger partial charge on any atom is -0.499 e. The van der Waals surface area contributed by atoms with E-state index in [1.165, 1.54) is 0 Å². The molecule has 14 rings (SSSR count). The summed E-state index contributed by atoms with van der Waals surface area (Å²) in [5, 5.41) is 5.49. The first-order chi connectivity index (χ1) is 33.5. The van der Waals surface area contributed by atoms with E-state index in [1.54, 1.807) is 24.8 Å². The number of aryl methyl sites for hydroxylation is 2. The van der Waals surface area contributed by atoms with E-state index < -0.39 is 0 Å². The van der Waals surface area contributed by atoms with Gasteiger partial charge in [-0.25, -0.2) is 9.97 Å². The number of ether oxygens (including phenoxy) is 2. The summed E-state index contributed by atoms with van der Waals surface area (Å²) in [5.74, 6) is 4.64. The van der Waals surface area contributed by atoms with Crippen LogP contribution in [0.15, 0.2) is 167 Å². The van der Waals surface area contributed by atoms with Crippen LogP contribution in [0.25, 0.3) is 111 Å². The van der Waals surface area contributed by atoms with Gasteiger partial charge in [0.15, 0.2) is 0 Å². The first-order valence-electron chi connectivity index (χ1n) is 21.9. The van der Waals surface area contributed by atoms with Gasteiger partial charge in [0, 0.05) is 84.6 Å². The minimum absolute atomic E-state index is 0. The second kappa shape index (κ2) is 16.9. The first-order valence-corrected chi connectivity index (χ1v) is 21.9. The van der Waals surface area contributed by atoms with Crippen molar-refractivity contribution >= 4 is 76.7 Å². The molecule has 70 heavy (non-hydrogen) atoms. The minimum atomic E-state index is 0. The Morgan fingerprint density at radius 3 is 1.30 bits per heavy atom. The number of aromatic nitrogens is 8. The van der Waals surface area contributed by atoms with Crippen LogP contribution in [-0.4, -0.2) is 38.2 Å². The zero-order valence-corrected chi connectivity index (χ0v) is 41.4. The molecular weight excluding hydrogens is 1240 g/mol. The fourth-order valence-corrected chi connectivity index (χ4v) is 9.47. The molecule has 0 fully saturated rings. The topological polar surface area (TPSA) is 116 Å². The summed E-state index contributed by atoms with van der Waals surface area (Å²) in [7, 11) is 3.92. The van der Waals surface area contributed by atoms with Gasteiger partial charge in [0.1, 0.15) is 22.8 Å². The van der Waals surface area contributed by atoms with Crippen molar-refractivity contribution in [2.75, 3.05) is 0 Å². The number of furan rings is 2. The van der Waals surface area contributed by atoms with E-state index in [0.717, 1.165) is 88.3 Å². The summed E-state index contributed by atoms with van der Waals surface area (Å²) in [6.45, 7) is 0. The zero-order chi connectivity index (χ0) is 45.0. The first kappa shape index (κ1) is 43.3. The molecule has 8 heterocycles. The van der Waals surface area contributed by atoms with E-state index in [4.69, 9.17) is 28.3 Å². The van der Waals surface area contributed by atoms with Crippen LogP contribution < -0.4 is 9.47 Å². The monoisotopic (exact) mass is 1270 g/mol. The summed E-state index contributed by atoms with van der Waals surface area (Å²) in [5.41, 5.74) is 7.42. The molecule has 0 amide bonds. The van der Waals surface area contributed by atoms with E-state index in [0.29, 0.717) is 45.8 Å². The van der Waals surface area contributed by atoms with Crippen LogP contribution in [0.5, 0.6) is 23.0 Å². The van der Waals surface area contributed by atoms with Gasteiger partial charge in [0.05, 0.1) is 34.3 Å². The molecule has 0 atom stereocenters. The van der Waals surface area contributed by atoms with Crippen molar-refractivity contribution in [2.45, 2.75) is 0 Å². The zero-order valence-electron chi connectivity index (χ0n) is 36.9. The Labute approximate surface area is 426 Å². The molecule has 14 heteroatoms. The Morgan fingerprint density at radius 2 is 0.886 bits per heavy atom. The van der Waals surface area contributed by atoms with Crippen molar-refractivity contribution in [3.05, 3.63) is 183 Å². The van der Waals surface area contributed by atoms with Crippen LogP contribution in [0, 0.1) is 24.3 Å². The smallest absolute Gasteiger partial charge is 0.499 e. The molecule has 0 saturated heterocycles. The number of hydrogen-bond donors (Lipinski definition) is 0. The molecule has 12 nitrogen and oxygen atoms in total. The van der Waals surface area contributed by atoms with E-state index in [1.807, 2.05) is 157 Å². The summed E-state index contributed by atoms with van der Waals surface area (Å²) in [6.07, 6.45) is 10.9. The fourth-order valence-electron chi connectivity index (χ4n) is 9.47. The summed E-state index contributed by atoms with van der Waals surface area (Å²) >= 11 is 0. The Hall–Kier alpha value is -8.04. The summed E-state index contributed by atoms with van der Waals surface area (Å²) < 4.78 is 34.6. The average Bonchev–Trinajstić information content (AvgIpc) is 4.24. The Morgan fingerprint density at radius 1 is 0.443 bits per heavy atom. The third-order valence-electron chi connectivity index (χ3n) is 12.5. The van der Waals surface area contributed by atoms with Crippen molar-refractivity contribution < 1.29 is 60.4 Å². The second-order valence-corrected chi connectivity index (χ2v) is 16.5. The predicted molar refractivity (Wildman–Crippen MR) is 261 cm³/mol. The van der Waals surface area contributed by atoms with E-state index in [-0.39, 0.29) is 42.1 Å². The SMILES string of the molecule is Cn1ccnc1-c1[c-]c(Oc2[c-]c3c(cc2)c2c(c4ccc(Oc5[c-]c(-c6nccn6C)cc6c5oc5ccccc56)[c-]c4n2-c2ccccn2)n3-c2ccccn2)c2oc3ccccc3c2c1.[Pt+2].[Pt+2]. The number of benzene rings is 6. The van der Waals surface area contributed by atoms with Crippen molar-refractivity contribution in [1.29, 1.82) is 0 Å². The van der Waals surface area contributed by atoms with Gasteiger partial charge in [-0.2, -0.15) is 12.1 Å². The van der Waals surface area contributed by atoms with Gasteiger partial charge >= 0.3 is 42.1 Å². The van der Waals surface area contributed by atoms with E-state index in [9.17, 15) is 0 Å². The maximum atomic E-state index is 6.80. The molecule has 0 aliphatic heterocycles. The van der Waals surface area contributed by atoms with Crippen molar-refractivity contribution in [3.63, 3.8) is 0 Å². The van der Waals surface area contributed by atoms with Gasteiger partial charge in [-0.1, -0.05) is 93.2 Å². The maximum absolute atomic E-state index is 6.80. The van der Waals surface area contributed by atoms with Crippen LogP contribution in [-0.2, 0) is 56.2 Å². The Balaban J connectivity index is 0.00000252. The van der Waals surface area contributed by atoms with Gasteiger partial charge < -0.3 is 36.6 Å². The van der Waals surface area contributed by atoms with Gasteiger partial charge in [-0.3, -0.25) is 9.97 Å². The normalized spacial score (nSPS) is 11.6. The molecule has 0 saturated carbocycles. The molecule has 0 spiro atoms. The summed E-state index contributed by atoms with van der Waals surface area (Å²) in [6, 6.07) is 53.9. The second-order valence-electron chi connectivity index (χ2n) is 16.5. The number of fused-ring (bicyclic) bond motifs is 11. The van der Waals surface area contributed by atoms with E-state index >= 15 is 0 Å². The van der Waals surface area contributed by atoms with Crippen molar-refractivity contribution in [2.24, 2.45) is 14.1 Å². The third-order valence-corrected chi connectivity index (χ3v) is 12.5. The Bertz CT molecular complexity index is 4040. The fraction of sp³-hybridized carbons (Fsp3) is 0.0357. The van der Waals surface area contributed by atoms with Crippen LogP contribution in [0.3, 0.4) is 0 Å². The average molecular weight is 1270 g/mol. The third kappa shape index (κ3) is 6.73. The number of pyridine rings is 2. The van der Waals surface area contributed by atoms with Gasteiger partial charge in [-0.05, 0) is 36.4 Å². The number of nitrogens with zero attached hydrogens (tertiary/aromatic N) is 8. The predicted octanol–water partition coefficient (Wildman–Crippen LogP) is 12.9. The number of para-hydroxylation sites is 2. The standard InChI is InChI=1S/C56H32N8O4.2Pt/c1-61-25-23-59-55(61)33-27-41-37-11-3-5-13-45(37)67-53(41)47(29-33)65-35-17-19-39-43(31-35)63(49-15-7-9-21-57-49)52-40-20-18-36(32-44(40)64(51(39)52)50-16-8-10-22-58-50)66-48-30-34(56-60-24-26-62(56)2)28-42-38-12-4-6-14-46(38)68-54(42)48;;/h3-28H,1-2H3;;/q-4;2*+2.